The van der Waals surface area contributed by atoms with Gasteiger partial charge in [-0.05, 0) is 30.3 Å². The maximum atomic E-state index is 13.2. The lowest BCUT2D eigenvalue weighted by Gasteiger charge is -2.36. The molecule has 1 aliphatic rings. The molecule has 3 amide bonds. The van der Waals surface area contributed by atoms with E-state index in [0.717, 1.165) is 0 Å². The van der Waals surface area contributed by atoms with Crippen LogP contribution < -0.4 is 10.6 Å². The van der Waals surface area contributed by atoms with Gasteiger partial charge in [0.25, 0.3) is 5.91 Å². The Bertz CT molecular complexity index is 792. The fourth-order valence-electron chi connectivity index (χ4n) is 3.01. The van der Waals surface area contributed by atoms with Crippen LogP contribution in [-0.4, -0.2) is 54.3 Å². The average Bonchev–Trinajstić information content (AvgIpc) is 3.08. The van der Waals surface area contributed by atoms with Crippen LogP contribution in [0.5, 0.6) is 0 Å². The van der Waals surface area contributed by atoms with Crippen LogP contribution in [0.1, 0.15) is 10.5 Å². The minimum atomic E-state index is -0.451. The Hall–Kier alpha value is -2.87. The Kier molecular flexibility index (Phi) is 5.52. The maximum absolute atomic E-state index is 13.2. The Morgan fingerprint density at radius 3 is 2.96 bits per heavy atom. The van der Waals surface area contributed by atoms with Crippen molar-refractivity contribution >= 4 is 17.6 Å². The average molecular weight is 360 g/mol. The molecule has 3 rings (SSSR count). The normalized spacial score (nSPS) is 16.3. The van der Waals surface area contributed by atoms with Gasteiger partial charge < -0.3 is 24.8 Å². The molecule has 26 heavy (non-hydrogen) atoms. The summed E-state index contributed by atoms with van der Waals surface area (Å²) >= 11 is 0. The SMILES string of the molecule is COCCN1C(=O)c2cccn2CC1CNC(=O)Nc1cccc(F)c1. The number of ether oxygens (including phenoxy) is 1. The van der Waals surface area contributed by atoms with Gasteiger partial charge in [-0.1, -0.05) is 6.07 Å². The molecule has 0 aliphatic carbocycles. The third kappa shape index (κ3) is 4.02. The second-order valence-electron chi connectivity index (χ2n) is 6.04. The molecule has 2 heterocycles. The molecule has 2 aromatic rings. The van der Waals surface area contributed by atoms with Gasteiger partial charge in [-0.15, -0.1) is 0 Å². The summed E-state index contributed by atoms with van der Waals surface area (Å²) in [6.45, 7) is 1.71. The number of halogens is 1. The van der Waals surface area contributed by atoms with Crippen molar-refractivity contribution in [1.82, 2.24) is 14.8 Å². The Morgan fingerprint density at radius 2 is 2.19 bits per heavy atom. The van der Waals surface area contributed by atoms with Gasteiger partial charge in [0.15, 0.2) is 0 Å². The molecule has 1 aromatic heterocycles. The van der Waals surface area contributed by atoms with E-state index in [4.69, 9.17) is 4.74 Å². The van der Waals surface area contributed by atoms with Crippen LogP contribution >= 0.6 is 0 Å². The minimum absolute atomic E-state index is 0.0874. The number of aromatic nitrogens is 1. The maximum Gasteiger partial charge on any atom is 0.319 e. The molecule has 1 aromatic carbocycles. The number of nitrogens with zero attached hydrogens (tertiary/aromatic N) is 2. The predicted octanol–water partition coefficient (Wildman–Crippen LogP) is 1.92. The first-order chi connectivity index (χ1) is 12.6. The molecule has 0 bridgehead atoms. The highest BCUT2D eigenvalue weighted by Gasteiger charge is 2.31. The highest BCUT2D eigenvalue weighted by Crippen LogP contribution is 2.18. The number of hydrogen-bond acceptors (Lipinski definition) is 3. The molecule has 1 aliphatic heterocycles. The highest BCUT2D eigenvalue weighted by molar-refractivity contribution is 5.94. The molecule has 0 fully saturated rings. The van der Waals surface area contributed by atoms with Crippen molar-refractivity contribution in [1.29, 1.82) is 0 Å². The number of hydrogen-bond donors (Lipinski definition) is 2. The summed E-state index contributed by atoms with van der Waals surface area (Å²) in [5.41, 5.74) is 0.993. The number of carbonyl (C=O) groups is 2. The molecule has 138 valence electrons. The summed E-state index contributed by atoms with van der Waals surface area (Å²) in [7, 11) is 1.58. The van der Waals surface area contributed by atoms with Gasteiger partial charge in [0.1, 0.15) is 11.5 Å². The fourth-order valence-corrected chi connectivity index (χ4v) is 3.01. The molecule has 0 saturated heterocycles. The van der Waals surface area contributed by atoms with E-state index in [-0.39, 0.29) is 18.5 Å². The monoisotopic (exact) mass is 360 g/mol. The van der Waals surface area contributed by atoms with Gasteiger partial charge in [0.2, 0.25) is 0 Å². The molecular formula is C18H21FN4O3. The Morgan fingerprint density at radius 1 is 1.35 bits per heavy atom. The predicted molar refractivity (Wildman–Crippen MR) is 94.6 cm³/mol. The highest BCUT2D eigenvalue weighted by atomic mass is 19.1. The van der Waals surface area contributed by atoms with Crippen molar-refractivity contribution in [3.63, 3.8) is 0 Å². The lowest BCUT2D eigenvalue weighted by molar-refractivity contribution is 0.0514. The number of nitrogens with one attached hydrogen (secondary N) is 2. The van der Waals surface area contributed by atoms with Crippen LogP contribution in [-0.2, 0) is 11.3 Å². The van der Waals surface area contributed by atoms with Crippen molar-refractivity contribution in [3.05, 3.63) is 54.1 Å². The molecule has 8 heteroatoms. The summed E-state index contributed by atoms with van der Waals surface area (Å²) in [5.74, 6) is -0.512. The van der Waals surface area contributed by atoms with Gasteiger partial charge in [-0.2, -0.15) is 0 Å². The lowest BCUT2D eigenvalue weighted by Crippen LogP contribution is -2.54. The largest absolute Gasteiger partial charge is 0.383 e. The van der Waals surface area contributed by atoms with Crippen LogP contribution in [0.2, 0.25) is 0 Å². The third-order valence-electron chi connectivity index (χ3n) is 4.27. The number of anilines is 1. The second-order valence-corrected chi connectivity index (χ2v) is 6.04. The zero-order valence-electron chi connectivity index (χ0n) is 14.4. The van der Waals surface area contributed by atoms with E-state index in [2.05, 4.69) is 10.6 Å². The van der Waals surface area contributed by atoms with Crippen molar-refractivity contribution < 1.29 is 18.7 Å². The van der Waals surface area contributed by atoms with Crippen molar-refractivity contribution in [3.8, 4) is 0 Å². The summed E-state index contributed by atoms with van der Waals surface area (Å²) in [6.07, 6.45) is 1.85. The van der Waals surface area contributed by atoms with Crippen molar-refractivity contribution in [2.45, 2.75) is 12.6 Å². The molecule has 0 radical (unpaired) electrons. The van der Waals surface area contributed by atoms with E-state index in [1.807, 2.05) is 16.8 Å². The van der Waals surface area contributed by atoms with Crippen LogP contribution in [0.4, 0.5) is 14.9 Å². The summed E-state index contributed by atoms with van der Waals surface area (Å²) < 4.78 is 20.2. The van der Waals surface area contributed by atoms with Crippen LogP contribution in [0.15, 0.2) is 42.6 Å². The topological polar surface area (TPSA) is 75.6 Å². The van der Waals surface area contributed by atoms with Crippen molar-refractivity contribution in [2.24, 2.45) is 0 Å². The number of carbonyl (C=O) groups excluding carboxylic acids is 2. The number of fused-ring (bicyclic) bond motifs is 1. The van der Waals surface area contributed by atoms with Gasteiger partial charge in [0, 0.05) is 38.6 Å². The Balaban J connectivity index is 1.63. The van der Waals surface area contributed by atoms with E-state index in [0.29, 0.717) is 31.1 Å². The van der Waals surface area contributed by atoms with Crippen LogP contribution in [0.25, 0.3) is 0 Å². The van der Waals surface area contributed by atoms with Gasteiger partial charge >= 0.3 is 6.03 Å². The second kappa shape index (κ2) is 8.01. The molecule has 1 unspecified atom stereocenters. The smallest absolute Gasteiger partial charge is 0.319 e. The first-order valence-electron chi connectivity index (χ1n) is 8.34. The number of methoxy groups -OCH3 is 1. The molecule has 1 atom stereocenters. The standard InChI is InChI=1S/C18H21FN4O3/c1-26-9-8-23-15(12-22-7-3-6-16(22)17(23)24)11-20-18(25)21-14-5-2-4-13(19)10-14/h2-7,10,15H,8-9,11-12H2,1H3,(H2,20,21,25). The number of amides is 3. The first-order valence-corrected chi connectivity index (χ1v) is 8.34. The van der Waals surface area contributed by atoms with E-state index < -0.39 is 11.8 Å². The first kappa shape index (κ1) is 17.9. The molecule has 0 spiro atoms. The fraction of sp³-hybridized carbons (Fsp3) is 0.333. The van der Waals surface area contributed by atoms with Crippen molar-refractivity contribution in [2.75, 3.05) is 32.1 Å². The zero-order valence-corrected chi connectivity index (χ0v) is 14.4. The van der Waals surface area contributed by atoms with Gasteiger partial charge in [-0.3, -0.25) is 4.79 Å². The summed E-state index contributed by atoms with van der Waals surface area (Å²) in [5, 5.41) is 5.33. The number of rotatable bonds is 6. The van der Waals surface area contributed by atoms with E-state index in [1.165, 1.54) is 18.2 Å². The zero-order chi connectivity index (χ0) is 18.5. The lowest BCUT2D eigenvalue weighted by atomic mass is 10.1. The van der Waals surface area contributed by atoms with Gasteiger partial charge in [0.05, 0.1) is 12.6 Å². The molecule has 0 saturated carbocycles. The van der Waals surface area contributed by atoms with E-state index >= 15 is 0 Å². The van der Waals surface area contributed by atoms with E-state index in [1.54, 1.807) is 24.1 Å². The number of urea groups is 1. The molecular weight excluding hydrogens is 339 g/mol. The van der Waals surface area contributed by atoms with Crippen LogP contribution in [0.3, 0.4) is 0 Å². The van der Waals surface area contributed by atoms with Gasteiger partial charge in [-0.25, -0.2) is 9.18 Å². The minimum Gasteiger partial charge on any atom is -0.383 e. The molecule has 7 nitrogen and oxygen atoms in total. The van der Waals surface area contributed by atoms with Crippen LogP contribution in [0, 0.1) is 5.82 Å². The number of benzene rings is 1. The quantitative estimate of drug-likeness (QED) is 0.826. The van der Waals surface area contributed by atoms with E-state index in [9.17, 15) is 14.0 Å². The molecule has 2 N–H and O–H groups in total. The Labute approximate surface area is 150 Å². The summed E-state index contributed by atoms with van der Waals surface area (Å²) in [4.78, 5) is 26.4. The summed E-state index contributed by atoms with van der Waals surface area (Å²) in [6, 6.07) is 8.62. The third-order valence-corrected chi connectivity index (χ3v) is 4.27.